The third kappa shape index (κ3) is 5.36. The number of aliphatic hydroxyl groups excluding tert-OH is 1. The molecule has 0 saturated carbocycles. The molecule has 0 aromatic heterocycles. The molecule has 0 fully saturated rings. The summed E-state index contributed by atoms with van der Waals surface area (Å²) in [5.41, 5.74) is 15.7. The molecule has 1 atom stereocenters. The average Bonchev–Trinajstić information content (AvgIpc) is 2.01. The molecule has 0 bridgehead atoms. The lowest BCUT2D eigenvalue weighted by atomic mass is 10.0. The predicted molar refractivity (Wildman–Crippen MR) is 57.8 cm³/mol. The summed E-state index contributed by atoms with van der Waals surface area (Å²) in [6, 6.07) is -0.0527. The summed E-state index contributed by atoms with van der Waals surface area (Å²) in [6.45, 7) is 4.06. The van der Waals surface area contributed by atoms with E-state index in [1.807, 2.05) is 13.8 Å². The number of aliphatic hydroxyl groups is 1. The first-order valence-corrected chi connectivity index (χ1v) is 4.51. The fourth-order valence-corrected chi connectivity index (χ4v) is 1.01. The van der Waals surface area contributed by atoms with Crippen molar-refractivity contribution in [2.45, 2.75) is 26.3 Å². The second-order valence-corrected chi connectivity index (χ2v) is 3.35. The van der Waals surface area contributed by atoms with Gasteiger partial charge in [-0.05, 0) is 12.3 Å². The number of hydrogen-bond acceptors (Lipinski definition) is 2. The highest BCUT2D eigenvalue weighted by molar-refractivity contribution is 5.92. The Morgan fingerprint density at radius 3 is 2.21 bits per heavy atom. The van der Waals surface area contributed by atoms with Gasteiger partial charge in [-0.15, -0.1) is 0 Å². The van der Waals surface area contributed by atoms with Crippen molar-refractivity contribution in [1.29, 1.82) is 0 Å². The molecule has 0 amide bonds. The molecule has 0 spiro atoms. The van der Waals surface area contributed by atoms with E-state index in [9.17, 15) is 0 Å². The second kappa shape index (κ2) is 6.20. The Morgan fingerprint density at radius 1 is 1.29 bits per heavy atom. The van der Waals surface area contributed by atoms with E-state index in [2.05, 4.69) is 9.98 Å². The van der Waals surface area contributed by atoms with E-state index in [-0.39, 0.29) is 30.5 Å². The van der Waals surface area contributed by atoms with Crippen LogP contribution in [0.3, 0.4) is 0 Å². The van der Waals surface area contributed by atoms with Gasteiger partial charge in [0.05, 0.1) is 6.04 Å². The summed E-state index contributed by atoms with van der Waals surface area (Å²) in [5.74, 6) is 0.227. The highest BCUT2D eigenvalue weighted by Crippen LogP contribution is 2.09. The molecule has 0 aromatic carbocycles. The highest BCUT2D eigenvalue weighted by atomic mass is 16.3. The zero-order valence-electron chi connectivity index (χ0n) is 8.64. The minimum absolute atomic E-state index is 0.0527. The van der Waals surface area contributed by atoms with Crippen LogP contribution in [-0.2, 0) is 0 Å². The van der Waals surface area contributed by atoms with Crippen LogP contribution in [0.15, 0.2) is 9.98 Å². The summed E-state index contributed by atoms with van der Waals surface area (Å²) in [7, 11) is 0. The van der Waals surface area contributed by atoms with Crippen LogP contribution in [-0.4, -0.2) is 29.7 Å². The molecular weight excluding hydrogens is 182 g/mol. The summed E-state index contributed by atoms with van der Waals surface area (Å²) < 4.78 is 0. The molecular formula is C8H19N5O. The monoisotopic (exact) mass is 201 g/mol. The molecule has 6 heteroatoms. The van der Waals surface area contributed by atoms with Gasteiger partial charge < -0.3 is 22.3 Å². The number of nitrogens with zero attached hydrogens (tertiary/aromatic N) is 2. The van der Waals surface area contributed by atoms with Gasteiger partial charge >= 0.3 is 0 Å². The van der Waals surface area contributed by atoms with Crippen LogP contribution < -0.4 is 17.2 Å². The van der Waals surface area contributed by atoms with Gasteiger partial charge in [-0.25, -0.2) is 4.99 Å². The smallest absolute Gasteiger partial charge is 0.218 e. The first-order chi connectivity index (χ1) is 6.47. The van der Waals surface area contributed by atoms with Crippen molar-refractivity contribution >= 4 is 11.9 Å². The van der Waals surface area contributed by atoms with Crippen LogP contribution in [0.1, 0.15) is 20.3 Å². The van der Waals surface area contributed by atoms with Gasteiger partial charge in [0.15, 0.2) is 5.96 Å². The van der Waals surface area contributed by atoms with Gasteiger partial charge in [-0.2, -0.15) is 4.99 Å². The molecule has 0 saturated heterocycles. The van der Waals surface area contributed by atoms with Crippen LogP contribution in [0, 0.1) is 5.92 Å². The fraction of sp³-hybridized carbons (Fsp3) is 0.750. The fourth-order valence-electron chi connectivity index (χ4n) is 1.01. The molecule has 0 aliphatic heterocycles. The Kier molecular flexibility index (Phi) is 5.62. The van der Waals surface area contributed by atoms with Crippen LogP contribution in [0.2, 0.25) is 0 Å². The minimum atomic E-state index is -0.113. The van der Waals surface area contributed by atoms with Gasteiger partial charge in [0.25, 0.3) is 0 Å². The number of rotatable bonds is 4. The van der Waals surface area contributed by atoms with Gasteiger partial charge in [0.2, 0.25) is 5.96 Å². The molecule has 0 radical (unpaired) electrons. The molecule has 0 rings (SSSR count). The molecule has 14 heavy (non-hydrogen) atoms. The normalized spacial score (nSPS) is 14.1. The lowest BCUT2D eigenvalue weighted by molar-refractivity contribution is 0.262. The Balaban J connectivity index is 4.46. The van der Waals surface area contributed by atoms with Crippen molar-refractivity contribution in [2.75, 3.05) is 6.61 Å². The van der Waals surface area contributed by atoms with E-state index < -0.39 is 0 Å². The topological polar surface area (TPSA) is 123 Å². The van der Waals surface area contributed by atoms with E-state index in [4.69, 9.17) is 22.3 Å². The SMILES string of the molecule is CC(C)C(CCO)N=C(N)N=C(N)N. The van der Waals surface area contributed by atoms with Crippen molar-refractivity contribution in [3.05, 3.63) is 0 Å². The van der Waals surface area contributed by atoms with Crippen molar-refractivity contribution in [3.8, 4) is 0 Å². The lowest BCUT2D eigenvalue weighted by Gasteiger charge is -2.14. The van der Waals surface area contributed by atoms with Crippen molar-refractivity contribution in [2.24, 2.45) is 33.1 Å². The summed E-state index contributed by atoms with van der Waals surface area (Å²) in [4.78, 5) is 7.69. The standard InChI is InChI=1S/C8H19N5O/c1-5(2)6(3-4-14)12-8(11)13-7(9)10/h5-6,14H,3-4H2,1-2H3,(H6,9,10,11,12,13). The van der Waals surface area contributed by atoms with Gasteiger partial charge in [0, 0.05) is 6.61 Å². The zero-order chi connectivity index (χ0) is 11.1. The molecule has 0 heterocycles. The third-order valence-corrected chi connectivity index (χ3v) is 1.74. The minimum Gasteiger partial charge on any atom is -0.396 e. The first-order valence-electron chi connectivity index (χ1n) is 4.51. The quantitative estimate of drug-likeness (QED) is 0.343. The number of aliphatic imine (C=N–C) groups is 2. The van der Waals surface area contributed by atoms with Crippen LogP contribution in [0.4, 0.5) is 0 Å². The number of nitrogens with two attached hydrogens (primary N) is 3. The molecule has 6 nitrogen and oxygen atoms in total. The Labute approximate surface area is 83.9 Å². The molecule has 82 valence electrons. The Hall–Kier alpha value is -1.30. The maximum Gasteiger partial charge on any atom is 0.218 e. The number of guanidine groups is 2. The van der Waals surface area contributed by atoms with Crippen LogP contribution in [0.5, 0.6) is 0 Å². The van der Waals surface area contributed by atoms with Crippen LogP contribution in [0.25, 0.3) is 0 Å². The van der Waals surface area contributed by atoms with Gasteiger partial charge in [-0.1, -0.05) is 13.8 Å². The van der Waals surface area contributed by atoms with E-state index in [0.717, 1.165) is 0 Å². The lowest BCUT2D eigenvalue weighted by Crippen LogP contribution is -2.28. The van der Waals surface area contributed by atoms with Crippen molar-refractivity contribution < 1.29 is 5.11 Å². The number of hydrogen-bond donors (Lipinski definition) is 4. The highest BCUT2D eigenvalue weighted by Gasteiger charge is 2.11. The molecule has 7 N–H and O–H groups in total. The molecule has 0 aliphatic rings. The van der Waals surface area contributed by atoms with Gasteiger partial charge in [-0.3, -0.25) is 0 Å². The van der Waals surface area contributed by atoms with E-state index >= 15 is 0 Å². The molecule has 0 aliphatic carbocycles. The largest absolute Gasteiger partial charge is 0.396 e. The van der Waals surface area contributed by atoms with E-state index in [1.165, 1.54) is 0 Å². The average molecular weight is 201 g/mol. The van der Waals surface area contributed by atoms with E-state index in [0.29, 0.717) is 6.42 Å². The molecule has 1 unspecified atom stereocenters. The van der Waals surface area contributed by atoms with Crippen LogP contribution >= 0.6 is 0 Å². The third-order valence-electron chi connectivity index (χ3n) is 1.74. The maximum absolute atomic E-state index is 8.79. The van der Waals surface area contributed by atoms with Gasteiger partial charge in [0.1, 0.15) is 0 Å². The zero-order valence-corrected chi connectivity index (χ0v) is 8.64. The van der Waals surface area contributed by atoms with Crippen molar-refractivity contribution in [1.82, 2.24) is 0 Å². The second-order valence-electron chi connectivity index (χ2n) is 3.35. The summed E-state index contributed by atoms with van der Waals surface area (Å²) in [6.07, 6.45) is 0.554. The Morgan fingerprint density at radius 2 is 1.86 bits per heavy atom. The van der Waals surface area contributed by atoms with Crippen molar-refractivity contribution in [3.63, 3.8) is 0 Å². The summed E-state index contributed by atoms with van der Waals surface area (Å²) >= 11 is 0. The predicted octanol–water partition coefficient (Wildman–Crippen LogP) is -1.02. The van der Waals surface area contributed by atoms with E-state index in [1.54, 1.807) is 0 Å². The maximum atomic E-state index is 8.79. The first kappa shape index (κ1) is 12.7. The summed E-state index contributed by atoms with van der Waals surface area (Å²) in [5, 5.41) is 8.79. The molecule has 0 aromatic rings. The Bertz CT molecular complexity index is 220.